The van der Waals surface area contributed by atoms with Gasteiger partial charge in [-0.3, -0.25) is 0 Å². The third-order valence-electron chi connectivity index (χ3n) is 2.12. The van der Waals surface area contributed by atoms with Gasteiger partial charge in [-0.1, -0.05) is 11.6 Å². The molecular formula is C12H6ClFN2. The second-order valence-electron chi connectivity index (χ2n) is 3.17. The van der Waals surface area contributed by atoms with Gasteiger partial charge in [-0.25, -0.2) is 9.37 Å². The summed E-state index contributed by atoms with van der Waals surface area (Å²) in [6.07, 6.45) is 1.47. The average Bonchev–Trinajstić information content (AvgIpc) is 2.29. The van der Waals surface area contributed by atoms with Gasteiger partial charge in [-0.2, -0.15) is 5.26 Å². The molecule has 0 saturated heterocycles. The highest BCUT2D eigenvalue weighted by Gasteiger charge is 2.06. The van der Waals surface area contributed by atoms with E-state index in [9.17, 15) is 4.39 Å². The second kappa shape index (κ2) is 4.30. The molecule has 0 spiro atoms. The molecule has 0 aliphatic carbocycles. The molecule has 1 heterocycles. The summed E-state index contributed by atoms with van der Waals surface area (Å²) in [7, 11) is 0. The predicted molar refractivity (Wildman–Crippen MR) is 59.4 cm³/mol. The fraction of sp³-hybridized carbons (Fsp3) is 0. The number of rotatable bonds is 1. The largest absolute Gasteiger partial charge is 0.246 e. The van der Waals surface area contributed by atoms with Gasteiger partial charge in [0.2, 0.25) is 0 Å². The molecule has 2 rings (SSSR count). The zero-order valence-corrected chi connectivity index (χ0v) is 8.87. The summed E-state index contributed by atoms with van der Waals surface area (Å²) in [5, 5.41) is 9.04. The maximum absolute atomic E-state index is 13.6. The van der Waals surface area contributed by atoms with Gasteiger partial charge in [0.15, 0.2) is 0 Å². The van der Waals surface area contributed by atoms with E-state index in [4.69, 9.17) is 16.9 Å². The van der Waals surface area contributed by atoms with Crippen molar-refractivity contribution in [2.45, 2.75) is 0 Å². The van der Waals surface area contributed by atoms with Crippen LogP contribution in [0.4, 0.5) is 4.39 Å². The summed E-state index contributed by atoms with van der Waals surface area (Å²) < 4.78 is 13.6. The van der Waals surface area contributed by atoms with E-state index in [1.807, 2.05) is 6.07 Å². The number of halogens is 2. The van der Waals surface area contributed by atoms with Crippen LogP contribution in [0, 0.1) is 17.1 Å². The maximum Gasteiger partial charge on any atom is 0.141 e. The van der Waals surface area contributed by atoms with Crippen molar-refractivity contribution < 1.29 is 4.39 Å². The molecule has 0 N–H and O–H groups in total. The van der Waals surface area contributed by atoms with E-state index >= 15 is 0 Å². The lowest BCUT2D eigenvalue weighted by Gasteiger charge is -2.03. The van der Waals surface area contributed by atoms with Crippen LogP contribution in [0.1, 0.15) is 5.69 Å². The highest BCUT2D eigenvalue weighted by atomic mass is 35.5. The molecule has 1 aromatic carbocycles. The lowest BCUT2D eigenvalue weighted by Crippen LogP contribution is -1.87. The van der Waals surface area contributed by atoms with Gasteiger partial charge in [0.25, 0.3) is 0 Å². The molecule has 1 aromatic heterocycles. The van der Waals surface area contributed by atoms with Crippen LogP contribution < -0.4 is 0 Å². The van der Waals surface area contributed by atoms with Crippen LogP contribution in [-0.2, 0) is 0 Å². The molecule has 0 atom stereocenters. The minimum atomic E-state index is -0.414. The Morgan fingerprint density at radius 2 is 2.06 bits per heavy atom. The van der Waals surface area contributed by atoms with Crippen molar-refractivity contribution in [1.82, 2.24) is 4.98 Å². The molecule has 0 saturated carbocycles. The summed E-state index contributed by atoms with van der Waals surface area (Å²) in [4.78, 5) is 3.82. The van der Waals surface area contributed by atoms with Crippen LogP contribution in [0.2, 0.25) is 5.02 Å². The molecule has 16 heavy (non-hydrogen) atoms. The number of nitrogens with zero attached hydrogens (tertiary/aromatic N) is 2. The number of pyridine rings is 1. The molecular weight excluding hydrogens is 227 g/mol. The monoisotopic (exact) mass is 232 g/mol. The van der Waals surface area contributed by atoms with Gasteiger partial charge >= 0.3 is 0 Å². The Morgan fingerprint density at radius 3 is 2.75 bits per heavy atom. The fourth-order valence-corrected chi connectivity index (χ4v) is 1.54. The Labute approximate surface area is 96.9 Å². The van der Waals surface area contributed by atoms with Gasteiger partial charge in [-0.05, 0) is 35.9 Å². The van der Waals surface area contributed by atoms with Crippen molar-refractivity contribution in [2.24, 2.45) is 0 Å². The van der Waals surface area contributed by atoms with E-state index < -0.39 is 5.82 Å². The molecule has 2 nitrogen and oxygen atoms in total. The standard InChI is InChI=1S/C12H6ClFN2/c13-9-1-2-11(12(14)6-9)8-3-4-16-10(5-8)7-15/h1-6H. The highest BCUT2D eigenvalue weighted by molar-refractivity contribution is 6.30. The molecule has 0 bridgehead atoms. The summed E-state index contributed by atoms with van der Waals surface area (Å²) in [6, 6.07) is 9.51. The first-order valence-electron chi connectivity index (χ1n) is 4.52. The Morgan fingerprint density at radius 1 is 1.25 bits per heavy atom. The molecule has 0 aliphatic rings. The summed E-state index contributed by atoms with van der Waals surface area (Å²) in [5.41, 5.74) is 1.27. The third kappa shape index (κ3) is 2.02. The SMILES string of the molecule is N#Cc1cc(-c2ccc(Cl)cc2F)ccn1. The highest BCUT2D eigenvalue weighted by Crippen LogP contribution is 2.25. The predicted octanol–water partition coefficient (Wildman–Crippen LogP) is 3.41. The topological polar surface area (TPSA) is 36.7 Å². The van der Waals surface area contributed by atoms with Crippen LogP contribution in [0.25, 0.3) is 11.1 Å². The van der Waals surface area contributed by atoms with E-state index in [1.165, 1.54) is 18.3 Å². The van der Waals surface area contributed by atoms with E-state index in [0.717, 1.165) is 0 Å². The van der Waals surface area contributed by atoms with Crippen LogP contribution in [0.3, 0.4) is 0 Å². The number of hydrogen-bond donors (Lipinski definition) is 0. The minimum absolute atomic E-state index is 0.256. The van der Waals surface area contributed by atoms with E-state index in [1.54, 1.807) is 18.2 Å². The van der Waals surface area contributed by atoms with Gasteiger partial charge < -0.3 is 0 Å². The van der Waals surface area contributed by atoms with Crippen LogP contribution in [0.5, 0.6) is 0 Å². The summed E-state index contributed by atoms with van der Waals surface area (Å²) in [5.74, 6) is -0.414. The van der Waals surface area contributed by atoms with Crippen molar-refractivity contribution in [3.8, 4) is 17.2 Å². The first kappa shape index (κ1) is 10.6. The zero-order valence-electron chi connectivity index (χ0n) is 8.11. The summed E-state index contributed by atoms with van der Waals surface area (Å²) in [6.45, 7) is 0. The van der Waals surface area contributed by atoms with E-state index in [2.05, 4.69) is 4.98 Å². The molecule has 78 valence electrons. The number of aromatic nitrogens is 1. The van der Waals surface area contributed by atoms with Crippen molar-refractivity contribution in [2.75, 3.05) is 0 Å². The quantitative estimate of drug-likeness (QED) is 0.756. The van der Waals surface area contributed by atoms with Crippen molar-refractivity contribution in [1.29, 1.82) is 5.26 Å². The molecule has 0 unspecified atom stereocenters. The van der Waals surface area contributed by atoms with Crippen LogP contribution in [0.15, 0.2) is 36.5 Å². The van der Waals surface area contributed by atoms with E-state index in [0.29, 0.717) is 16.1 Å². The molecule has 0 radical (unpaired) electrons. The minimum Gasteiger partial charge on any atom is -0.246 e. The molecule has 0 aliphatic heterocycles. The third-order valence-corrected chi connectivity index (χ3v) is 2.35. The zero-order chi connectivity index (χ0) is 11.5. The molecule has 2 aromatic rings. The van der Waals surface area contributed by atoms with Gasteiger partial charge in [-0.15, -0.1) is 0 Å². The average molecular weight is 233 g/mol. The molecule has 0 amide bonds. The molecule has 4 heteroatoms. The Hall–Kier alpha value is -1.92. The van der Waals surface area contributed by atoms with Crippen molar-refractivity contribution in [3.05, 3.63) is 53.1 Å². The van der Waals surface area contributed by atoms with Gasteiger partial charge in [0.1, 0.15) is 17.6 Å². The number of benzene rings is 1. The van der Waals surface area contributed by atoms with Crippen LogP contribution >= 0.6 is 11.6 Å². The number of hydrogen-bond acceptors (Lipinski definition) is 2. The smallest absolute Gasteiger partial charge is 0.141 e. The normalized spacial score (nSPS) is 9.81. The number of nitriles is 1. The Kier molecular flexibility index (Phi) is 2.84. The first-order chi connectivity index (χ1) is 7.70. The maximum atomic E-state index is 13.6. The Bertz CT molecular complexity index is 575. The Balaban J connectivity index is 2.55. The lowest BCUT2D eigenvalue weighted by molar-refractivity contribution is 0.631. The van der Waals surface area contributed by atoms with Crippen LogP contribution in [-0.4, -0.2) is 4.98 Å². The van der Waals surface area contributed by atoms with Gasteiger partial charge in [0.05, 0.1) is 0 Å². The summed E-state index contributed by atoms with van der Waals surface area (Å²) >= 11 is 5.66. The van der Waals surface area contributed by atoms with Crippen molar-refractivity contribution >= 4 is 11.6 Å². The lowest BCUT2D eigenvalue weighted by atomic mass is 10.1. The molecule has 0 fully saturated rings. The van der Waals surface area contributed by atoms with E-state index in [-0.39, 0.29) is 5.69 Å². The van der Waals surface area contributed by atoms with Crippen molar-refractivity contribution in [3.63, 3.8) is 0 Å². The fourth-order valence-electron chi connectivity index (χ4n) is 1.38. The van der Waals surface area contributed by atoms with Gasteiger partial charge in [0, 0.05) is 16.8 Å². The first-order valence-corrected chi connectivity index (χ1v) is 4.90. The second-order valence-corrected chi connectivity index (χ2v) is 3.60.